The number of alkyl halides is 4. The molecule has 0 aliphatic heterocycles. The molecular weight excluding hydrogens is 310 g/mol. The SMILES string of the molecule is N#Cc1nc(C(F)(F)F)ncc1CI. The summed E-state index contributed by atoms with van der Waals surface area (Å²) in [6.45, 7) is 0. The summed E-state index contributed by atoms with van der Waals surface area (Å²) in [6.07, 6.45) is -3.57. The number of aromatic nitrogens is 2. The molecule has 1 rings (SSSR count). The molecule has 0 aliphatic rings. The van der Waals surface area contributed by atoms with Crippen LogP contribution in [0.3, 0.4) is 0 Å². The molecule has 7 heteroatoms. The largest absolute Gasteiger partial charge is 0.451 e. The van der Waals surface area contributed by atoms with Crippen molar-refractivity contribution in [2.75, 3.05) is 0 Å². The molecule has 0 aliphatic carbocycles. The van der Waals surface area contributed by atoms with E-state index >= 15 is 0 Å². The van der Waals surface area contributed by atoms with Gasteiger partial charge in [-0.1, -0.05) is 22.6 Å². The van der Waals surface area contributed by atoms with Crippen LogP contribution in [0.1, 0.15) is 17.1 Å². The summed E-state index contributed by atoms with van der Waals surface area (Å²) in [7, 11) is 0. The highest BCUT2D eigenvalue weighted by molar-refractivity contribution is 14.1. The third kappa shape index (κ3) is 2.31. The van der Waals surface area contributed by atoms with E-state index in [-0.39, 0.29) is 5.69 Å². The zero-order chi connectivity index (χ0) is 10.8. The second-order valence-corrected chi connectivity index (χ2v) is 3.07. The van der Waals surface area contributed by atoms with Crippen molar-refractivity contribution >= 4 is 22.6 Å². The molecule has 1 aromatic heterocycles. The van der Waals surface area contributed by atoms with Crippen molar-refractivity contribution in [2.45, 2.75) is 10.6 Å². The van der Waals surface area contributed by atoms with Crippen molar-refractivity contribution < 1.29 is 13.2 Å². The van der Waals surface area contributed by atoms with Gasteiger partial charge >= 0.3 is 6.18 Å². The van der Waals surface area contributed by atoms with Gasteiger partial charge in [0.15, 0.2) is 0 Å². The molecule has 0 atom stereocenters. The summed E-state index contributed by atoms with van der Waals surface area (Å²) in [5.41, 5.74) is 0.183. The van der Waals surface area contributed by atoms with E-state index in [1.54, 1.807) is 6.07 Å². The minimum absolute atomic E-state index is 0.221. The maximum absolute atomic E-state index is 12.1. The third-order valence-corrected chi connectivity index (χ3v) is 2.19. The Hall–Kier alpha value is -0.910. The maximum Gasteiger partial charge on any atom is 0.451 e. The van der Waals surface area contributed by atoms with Crippen molar-refractivity contribution in [1.82, 2.24) is 9.97 Å². The maximum atomic E-state index is 12.1. The Kier molecular flexibility index (Phi) is 3.25. The van der Waals surface area contributed by atoms with Gasteiger partial charge in [0.25, 0.3) is 0 Å². The molecule has 0 unspecified atom stereocenters. The van der Waals surface area contributed by atoms with E-state index < -0.39 is 12.0 Å². The van der Waals surface area contributed by atoms with Crippen LogP contribution in [-0.4, -0.2) is 9.97 Å². The van der Waals surface area contributed by atoms with Gasteiger partial charge in [-0.3, -0.25) is 0 Å². The second kappa shape index (κ2) is 4.08. The predicted molar refractivity (Wildman–Crippen MR) is 49.5 cm³/mol. The van der Waals surface area contributed by atoms with Crippen LogP contribution in [0.4, 0.5) is 13.2 Å². The van der Waals surface area contributed by atoms with Crippen LogP contribution in [0.2, 0.25) is 0 Å². The van der Waals surface area contributed by atoms with Gasteiger partial charge in [0.1, 0.15) is 11.8 Å². The molecule has 0 amide bonds. The van der Waals surface area contributed by atoms with E-state index in [4.69, 9.17) is 5.26 Å². The zero-order valence-corrected chi connectivity index (χ0v) is 8.80. The summed E-state index contributed by atoms with van der Waals surface area (Å²) >= 11 is 1.92. The molecule has 14 heavy (non-hydrogen) atoms. The lowest BCUT2D eigenvalue weighted by atomic mass is 10.3. The first-order chi connectivity index (χ1) is 6.49. The van der Waals surface area contributed by atoms with Gasteiger partial charge < -0.3 is 0 Å². The average molecular weight is 313 g/mol. The molecule has 0 saturated heterocycles. The number of rotatable bonds is 1. The molecule has 0 fully saturated rings. The van der Waals surface area contributed by atoms with Crippen molar-refractivity contribution in [3.8, 4) is 6.07 Å². The van der Waals surface area contributed by atoms with Crippen molar-refractivity contribution in [2.24, 2.45) is 0 Å². The standard InChI is InChI=1S/C7H3F3IN3/c8-7(9,10)6-13-3-4(1-11)5(2-12)14-6/h3H,1H2. The van der Waals surface area contributed by atoms with Gasteiger partial charge in [-0.2, -0.15) is 18.4 Å². The average Bonchev–Trinajstić information content (AvgIpc) is 2.15. The van der Waals surface area contributed by atoms with E-state index in [9.17, 15) is 13.2 Å². The molecule has 0 saturated carbocycles. The summed E-state index contributed by atoms with van der Waals surface area (Å²) in [6, 6.07) is 1.60. The van der Waals surface area contributed by atoms with Crippen LogP contribution >= 0.6 is 22.6 Å². The summed E-state index contributed by atoms with van der Waals surface area (Å²) in [5, 5.41) is 8.53. The molecule has 1 heterocycles. The molecule has 0 aromatic carbocycles. The van der Waals surface area contributed by atoms with Crippen molar-refractivity contribution in [3.05, 3.63) is 23.3 Å². The molecule has 1 aromatic rings. The van der Waals surface area contributed by atoms with Gasteiger partial charge in [0.05, 0.1) is 0 Å². The lowest BCUT2D eigenvalue weighted by Gasteiger charge is -2.05. The van der Waals surface area contributed by atoms with Crippen LogP contribution in [0.25, 0.3) is 0 Å². The topological polar surface area (TPSA) is 49.6 Å². The Labute approximate surface area is 91.1 Å². The molecule has 0 N–H and O–H groups in total. The molecule has 3 nitrogen and oxygen atoms in total. The van der Waals surface area contributed by atoms with Gasteiger partial charge in [-0.25, -0.2) is 9.97 Å². The van der Waals surface area contributed by atoms with Gasteiger partial charge in [-0.15, -0.1) is 0 Å². The monoisotopic (exact) mass is 313 g/mol. The van der Waals surface area contributed by atoms with Gasteiger partial charge in [0.2, 0.25) is 5.82 Å². The third-order valence-electron chi connectivity index (χ3n) is 1.37. The van der Waals surface area contributed by atoms with E-state index in [1.807, 2.05) is 22.6 Å². The van der Waals surface area contributed by atoms with Crippen LogP contribution in [0.5, 0.6) is 0 Å². The van der Waals surface area contributed by atoms with E-state index in [2.05, 4.69) is 9.97 Å². The van der Waals surface area contributed by atoms with Crippen molar-refractivity contribution in [3.63, 3.8) is 0 Å². The first kappa shape index (κ1) is 11.2. The number of nitriles is 1. The van der Waals surface area contributed by atoms with Crippen LogP contribution in [0.15, 0.2) is 6.20 Å². The second-order valence-electron chi connectivity index (χ2n) is 2.31. The quantitative estimate of drug-likeness (QED) is 0.590. The first-order valence-corrected chi connectivity index (χ1v) is 4.90. The predicted octanol–water partition coefficient (Wildman–Crippen LogP) is 2.30. The zero-order valence-electron chi connectivity index (χ0n) is 6.64. The Balaban J connectivity index is 3.23. The first-order valence-electron chi connectivity index (χ1n) is 3.38. The smallest absolute Gasteiger partial charge is 0.233 e. The van der Waals surface area contributed by atoms with E-state index in [0.717, 1.165) is 6.20 Å². The minimum Gasteiger partial charge on any atom is -0.233 e. The number of hydrogen-bond acceptors (Lipinski definition) is 3. The highest BCUT2D eigenvalue weighted by atomic mass is 127. The summed E-state index contributed by atoms with van der Waals surface area (Å²) in [4.78, 5) is 6.27. The molecule has 0 bridgehead atoms. The summed E-state index contributed by atoms with van der Waals surface area (Å²) in [5.74, 6) is -1.28. The van der Waals surface area contributed by atoms with Crippen molar-refractivity contribution in [1.29, 1.82) is 5.26 Å². The fraction of sp³-hybridized carbons (Fsp3) is 0.286. The van der Waals surface area contributed by atoms with Gasteiger partial charge in [-0.05, 0) is 0 Å². The van der Waals surface area contributed by atoms with Crippen LogP contribution in [-0.2, 0) is 10.6 Å². The van der Waals surface area contributed by atoms with Crippen LogP contribution in [0, 0.1) is 11.3 Å². The minimum atomic E-state index is -4.60. The number of halogens is 4. The Bertz CT molecular complexity index is 383. The highest BCUT2D eigenvalue weighted by Gasteiger charge is 2.35. The van der Waals surface area contributed by atoms with E-state index in [0.29, 0.717) is 9.99 Å². The normalized spacial score (nSPS) is 11.1. The number of hydrogen-bond donors (Lipinski definition) is 0. The fourth-order valence-electron chi connectivity index (χ4n) is 0.738. The lowest BCUT2D eigenvalue weighted by molar-refractivity contribution is -0.145. The molecular formula is C7H3F3IN3. The number of nitrogens with zero attached hydrogens (tertiary/aromatic N) is 3. The summed E-state index contributed by atoms with van der Waals surface area (Å²) < 4.78 is 36.7. The Morgan fingerprint density at radius 1 is 1.50 bits per heavy atom. The molecule has 0 radical (unpaired) electrons. The molecule has 0 spiro atoms. The van der Waals surface area contributed by atoms with E-state index in [1.165, 1.54) is 0 Å². The Morgan fingerprint density at radius 3 is 2.57 bits per heavy atom. The lowest BCUT2D eigenvalue weighted by Crippen LogP contribution is -2.12. The highest BCUT2D eigenvalue weighted by Crippen LogP contribution is 2.26. The Morgan fingerprint density at radius 2 is 2.14 bits per heavy atom. The van der Waals surface area contributed by atoms with Crippen LogP contribution < -0.4 is 0 Å². The van der Waals surface area contributed by atoms with Gasteiger partial charge in [0, 0.05) is 16.2 Å². The fourth-order valence-corrected chi connectivity index (χ4v) is 1.30. The molecule has 74 valence electrons.